The Morgan fingerprint density at radius 3 is 2.24 bits per heavy atom. The summed E-state index contributed by atoms with van der Waals surface area (Å²) in [5.41, 5.74) is 2.07. The van der Waals surface area contributed by atoms with Crippen LogP contribution in [0.3, 0.4) is 0 Å². The van der Waals surface area contributed by atoms with Crippen molar-refractivity contribution in [1.82, 2.24) is 15.1 Å². The van der Waals surface area contributed by atoms with Gasteiger partial charge in [-0.25, -0.2) is 0 Å². The zero-order chi connectivity index (χ0) is 20.6. The molecule has 3 rings (SSSR count). The Kier molecular flexibility index (Phi) is 8.07. The van der Waals surface area contributed by atoms with E-state index in [1.165, 1.54) is 19.3 Å². The highest BCUT2D eigenvalue weighted by molar-refractivity contribution is 5.93. The largest absolute Gasteiger partial charge is 0.352 e. The summed E-state index contributed by atoms with van der Waals surface area (Å²) >= 11 is 0. The maximum Gasteiger partial charge on any atom is 0.238 e. The molecule has 6 nitrogen and oxygen atoms in total. The number of anilines is 1. The zero-order valence-corrected chi connectivity index (χ0v) is 18.0. The third-order valence-corrected chi connectivity index (χ3v) is 6.33. The molecule has 29 heavy (non-hydrogen) atoms. The van der Waals surface area contributed by atoms with Gasteiger partial charge >= 0.3 is 0 Å². The number of rotatable bonds is 7. The fourth-order valence-electron chi connectivity index (χ4n) is 4.44. The van der Waals surface area contributed by atoms with Crippen molar-refractivity contribution in [2.24, 2.45) is 5.92 Å². The van der Waals surface area contributed by atoms with E-state index in [9.17, 15) is 9.59 Å². The number of carbonyl (C=O) groups is 2. The standard InChI is InChI=1S/C23H36N4O2/c1-3-19-9-5-7-11-21(19)25-23(29)17-27-14-12-26(13-15-27)16-22(28)24-20-10-6-4-8-18(20)2/h5,7,9,11,18,20H,3-4,6,8,10,12-17H2,1-2H3,(H,24,28)(H,25,29)/t18-,20-/m1/s1. The number of para-hydroxylation sites is 1. The number of aryl methyl sites for hydroxylation is 1. The fraction of sp³-hybridized carbons (Fsp3) is 0.652. The van der Waals surface area contributed by atoms with E-state index < -0.39 is 0 Å². The lowest BCUT2D eigenvalue weighted by molar-refractivity contribution is -0.124. The first-order chi connectivity index (χ1) is 14.0. The highest BCUT2D eigenvalue weighted by Gasteiger charge is 2.25. The van der Waals surface area contributed by atoms with Gasteiger partial charge in [0.25, 0.3) is 0 Å². The maximum atomic E-state index is 12.4. The molecular formula is C23H36N4O2. The van der Waals surface area contributed by atoms with Crippen molar-refractivity contribution in [3.05, 3.63) is 29.8 Å². The van der Waals surface area contributed by atoms with Gasteiger partial charge in [0.2, 0.25) is 11.8 Å². The highest BCUT2D eigenvalue weighted by Crippen LogP contribution is 2.23. The number of benzene rings is 1. The van der Waals surface area contributed by atoms with Gasteiger partial charge in [0, 0.05) is 37.9 Å². The topological polar surface area (TPSA) is 64.7 Å². The molecule has 0 unspecified atom stereocenters. The van der Waals surface area contributed by atoms with Gasteiger partial charge in [0.1, 0.15) is 0 Å². The van der Waals surface area contributed by atoms with E-state index in [-0.39, 0.29) is 11.8 Å². The van der Waals surface area contributed by atoms with E-state index in [1.54, 1.807) is 0 Å². The zero-order valence-electron chi connectivity index (χ0n) is 18.0. The van der Waals surface area contributed by atoms with Crippen LogP contribution < -0.4 is 10.6 Å². The molecule has 160 valence electrons. The Labute approximate surface area is 175 Å². The minimum atomic E-state index is 0.0309. The molecule has 2 fully saturated rings. The highest BCUT2D eigenvalue weighted by atomic mass is 16.2. The van der Waals surface area contributed by atoms with E-state index in [2.05, 4.69) is 34.3 Å². The summed E-state index contributed by atoms with van der Waals surface area (Å²) in [5, 5.41) is 6.28. The van der Waals surface area contributed by atoms with Crippen LogP contribution in [-0.2, 0) is 16.0 Å². The summed E-state index contributed by atoms with van der Waals surface area (Å²) < 4.78 is 0. The SMILES string of the molecule is CCc1ccccc1NC(=O)CN1CCN(CC(=O)N[C@@H]2CCCC[C@H]2C)CC1. The van der Waals surface area contributed by atoms with E-state index in [0.717, 1.165) is 50.3 Å². The van der Waals surface area contributed by atoms with Crippen LogP contribution in [0.15, 0.2) is 24.3 Å². The third kappa shape index (κ3) is 6.54. The number of carbonyl (C=O) groups excluding carboxylic acids is 2. The quantitative estimate of drug-likeness (QED) is 0.738. The molecule has 1 aliphatic carbocycles. The van der Waals surface area contributed by atoms with Crippen LogP contribution in [-0.4, -0.2) is 66.9 Å². The van der Waals surface area contributed by atoms with Crippen molar-refractivity contribution < 1.29 is 9.59 Å². The van der Waals surface area contributed by atoms with Gasteiger partial charge in [0.05, 0.1) is 13.1 Å². The lowest BCUT2D eigenvalue weighted by atomic mass is 9.86. The minimum absolute atomic E-state index is 0.0309. The molecule has 1 heterocycles. The van der Waals surface area contributed by atoms with E-state index in [4.69, 9.17) is 0 Å². The first-order valence-corrected chi connectivity index (χ1v) is 11.2. The molecule has 6 heteroatoms. The van der Waals surface area contributed by atoms with E-state index in [0.29, 0.717) is 25.0 Å². The van der Waals surface area contributed by atoms with E-state index >= 15 is 0 Å². The van der Waals surface area contributed by atoms with Crippen molar-refractivity contribution in [1.29, 1.82) is 0 Å². The molecule has 2 amide bonds. The number of amides is 2. The van der Waals surface area contributed by atoms with Gasteiger partial charge in [-0.1, -0.05) is 44.9 Å². The van der Waals surface area contributed by atoms with Crippen molar-refractivity contribution in [2.45, 2.75) is 52.0 Å². The van der Waals surface area contributed by atoms with Crippen molar-refractivity contribution in [2.75, 3.05) is 44.6 Å². The molecule has 0 bridgehead atoms. The third-order valence-electron chi connectivity index (χ3n) is 6.33. The molecule has 2 N–H and O–H groups in total. The molecular weight excluding hydrogens is 364 g/mol. The van der Waals surface area contributed by atoms with Gasteiger partial charge < -0.3 is 10.6 Å². The molecule has 1 aromatic carbocycles. The summed E-state index contributed by atoms with van der Waals surface area (Å²) in [6.45, 7) is 8.48. The summed E-state index contributed by atoms with van der Waals surface area (Å²) in [5.74, 6) is 0.760. The van der Waals surface area contributed by atoms with Crippen LogP contribution in [0.5, 0.6) is 0 Å². The molecule has 1 aromatic rings. The Morgan fingerprint density at radius 1 is 0.966 bits per heavy atom. The predicted octanol–water partition coefficient (Wildman–Crippen LogP) is 2.50. The summed E-state index contributed by atoms with van der Waals surface area (Å²) in [4.78, 5) is 29.2. The molecule has 0 radical (unpaired) electrons. The Hall–Kier alpha value is -1.92. The summed E-state index contributed by atoms with van der Waals surface area (Å²) in [6, 6.07) is 8.30. The first kappa shape index (κ1) is 21.8. The fourth-order valence-corrected chi connectivity index (χ4v) is 4.44. The van der Waals surface area contributed by atoms with Gasteiger partial charge in [-0.05, 0) is 36.8 Å². The van der Waals surface area contributed by atoms with Gasteiger partial charge in [-0.3, -0.25) is 19.4 Å². The number of nitrogens with zero attached hydrogens (tertiary/aromatic N) is 2. The number of hydrogen-bond acceptors (Lipinski definition) is 4. The second kappa shape index (κ2) is 10.7. The lowest BCUT2D eigenvalue weighted by Gasteiger charge is -2.35. The molecule has 0 spiro atoms. The predicted molar refractivity (Wildman–Crippen MR) is 117 cm³/mol. The molecule has 2 atom stereocenters. The van der Waals surface area contributed by atoms with Crippen molar-refractivity contribution in [3.8, 4) is 0 Å². The monoisotopic (exact) mass is 400 g/mol. The minimum Gasteiger partial charge on any atom is -0.352 e. The Bertz CT molecular complexity index is 685. The molecule has 1 saturated heterocycles. The van der Waals surface area contributed by atoms with Crippen LogP contribution in [0, 0.1) is 5.92 Å². The second-order valence-corrected chi connectivity index (χ2v) is 8.55. The average molecular weight is 401 g/mol. The van der Waals surface area contributed by atoms with Crippen LogP contribution in [0.2, 0.25) is 0 Å². The molecule has 1 saturated carbocycles. The molecule has 0 aromatic heterocycles. The van der Waals surface area contributed by atoms with Gasteiger partial charge in [-0.15, -0.1) is 0 Å². The van der Waals surface area contributed by atoms with Gasteiger partial charge in [-0.2, -0.15) is 0 Å². The van der Waals surface area contributed by atoms with Crippen LogP contribution in [0.25, 0.3) is 0 Å². The maximum absolute atomic E-state index is 12.4. The Morgan fingerprint density at radius 2 is 1.59 bits per heavy atom. The number of nitrogens with one attached hydrogen (secondary N) is 2. The molecule has 2 aliphatic rings. The van der Waals surface area contributed by atoms with Crippen molar-refractivity contribution >= 4 is 17.5 Å². The lowest BCUT2D eigenvalue weighted by Crippen LogP contribution is -2.52. The average Bonchev–Trinajstić information content (AvgIpc) is 2.71. The summed E-state index contributed by atoms with van der Waals surface area (Å²) in [7, 11) is 0. The van der Waals surface area contributed by atoms with Gasteiger partial charge in [0.15, 0.2) is 0 Å². The number of hydrogen-bond donors (Lipinski definition) is 2. The van der Waals surface area contributed by atoms with E-state index in [1.807, 2.05) is 24.3 Å². The Balaban J connectivity index is 1.37. The normalized spacial score (nSPS) is 23.5. The second-order valence-electron chi connectivity index (χ2n) is 8.55. The van der Waals surface area contributed by atoms with Crippen molar-refractivity contribution in [3.63, 3.8) is 0 Å². The first-order valence-electron chi connectivity index (χ1n) is 11.2. The number of piperazine rings is 1. The van der Waals surface area contributed by atoms with Crippen LogP contribution >= 0.6 is 0 Å². The van der Waals surface area contributed by atoms with Crippen LogP contribution in [0.1, 0.15) is 45.1 Å². The van der Waals surface area contributed by atoms with Crippen LogP contribution in [0.4, 0.5) is 5.69 Å². The summed E-state index contributed by atoms with van der Waals surface area (Å²) in [6.07, 6.45) is 5.73. The molecule has 1 aliphatic heterocycles. The smallest absolute Gasteiger partial charge is 0.238 e.